The summed E-state index contributed by atoms with van der Waals surface area (Å²) in [4.78, 5) is 12.1. The average Bonchev–Trinajstić information content (AvgIpc) is 2.71. The van der Waals surface area contributed by atoms with Crippen molar-refractivity contribution in [2.24, 2.45) is 0 Å². The van der Waals surface area contributed by atoms with E-state index in [1.807, 2.05) is 24.3 Å². The SMILES string of the molecule is Cc1cc(NCc2ccc(/C=C/C(=O)Nc3ccccc3N)cc2)cc(C)c1C. The topological polar surface area (TPSA) is 67.2 Å². The largest absolute Gasteiger partial charge is 0.397 e. The lowest BCUT2D eigenvalue weighted by atomic mass is 10.0. The Morgan fingerprint density at radius 2 is 1.62 bits per heavy atom. The highest BCUT2D eigenvalue weighted by atomic mass is 16.1. The first-order chi connectivity index (χ1) is 13.9. The van der Waals surface area contributed by atoms with Crippen molar-refractivity contribution in [2.45, 2.75) is 27.3 Å². The minimum Gasteiger partial charge on any atom is -0.397 e. The average molecular weight is 386 g/mol. The van der Waals surface area contributed by atoms with E-state index in [0.717, 1.165) is 17.8 Å². The second-order valence-corrected chi connectivity index (χ2v) is 7.24. The van der Waals surface area contributed by atoms with Crippen LogP contribution in [0.5, 0.6) is 0 Å². The highest BCUT2D eigenvalue weighted by molar-refractivity contribution is 6.03. The highest BCUT2D eigenvalue weighted by Gasteiger charge is 2.02. The molecule has 0 atom stereocenters. The molecule has 0 bridgehead atoms. The number of nitrogens with two attached hydrogens (primary N) is 1. The Balaban J connectivity index is 1.56. The Labute approximate surface area is 172 Å². The zero-order valence-corrected chi connectivity index (χ0v) is 17.1. The number of carbonyl (C=O) groups is 1. The van der Waals surface area contributed by atoms with Gasteiger partial charge in [0.15, 0.2) is 0 Å². The third-order valence-electron chi connectivity index (χ3n) is 5.05. The van der Waals surface area contributed by atoms with Crippen LogP contribution in [0.2, 0.25) is 0 Å². The molecule has 4 nitrogen and oxygen atoms in total. The van der Waals surface area contributed by atoms with Crippen molar-refractivity contribution in [1.82, 2.24) is 0 Å². The van der Waals surface area contributed by atoms with Crippen LogP contribution in [0.1, 0.15) is 27.8 Å². The van der Waals surface area contributed by atoms with E-state index in [4.69, 9.17) is 5.73 Å². The van der Waals surface area contributed by atoms with Crippen molar-refractivity contribution in [3.05, 3.63) is 94.6 Å². The van der Waals surface area contributed by atoms with Gasteiger partial charge in [-0.05, 0) is 78.9 Å². The van der Waals surface area contributed by atoms with Gasteiger partial charge in [-0.2, -0.15) is 0 Å². The second kappa shape index (κ2) is 9.11. The third kappa shape index (κ3) is 5.48. The Morgan fingerprint density at radius 3 is 2.28 bits per heavy atom. The fourth-order valence-corrected chi connectivity index (χ4v) is 3.05. The Kier molecular flexibility index (Phi) is 6.35. The molecule has 4 heteroatoms. The summed E-state index contributed by atoms with van der Waals surface area (Å²) in [5.41, 5.74) is 14.2. The number of nitrogen functional groups attached to an aromatic ring is 1. The van der Waals surface area contributed by atoms with Crippen molar-refractivity contribution in [3.63, 3.8) is 0 Å². The molecular formula is C25H27N3O. The second-order valence-electron chi connectivity index (χ2n) is 7.24. The van der Waals surface area contributed by atoms with E-state index in [2.05, 4.69) is 55.7 Å². The molecule has 0 fully saturated rings. The number of carbonyl (C=O) groups excluding carboxylic acids is 1. The maximum absolute atomic E-state index is 12.1. The van der Waals surface area contributed by atoms with Gasteiger partial charge in [0.1, 0.15) is 0 Å². The van der Waals surface area contributed by atoms with Crippen LogP contribution in [-0.2, 0) is 11.3 Å². The summed E-state index contributed by atoms with van der Waals surface area (Å²) in [6.07, 6.45) is 3.30. The van der Waals surface area contributed by atoms with Gasteiger partial charge in [0.25, 0.3) is 0 Å². The van der Waals surface area contributed by atoms with Gasteiger partial charge in [0, 0.05) is 18.3 Å². The zero-order valence-electron chi connectivity index (χ0n) is 17.1. The molecule has 3 rings (SSSR count). The minimum atomic E-state index is -0.209. The summed E-state index contributed by atoms with van der Waals surface area (Å²) in [5, 5.41) is 6.26. The van der Waals surface area contributed by atoms with Gasteiger partial charge in [0.2, 0.25) is 5.91 Å². The predicted octanol–water partition coefficient (Wildman–Crippen LogP) is 5.46. The van der Waals surface area contributed by atoms with Gasteiger partial charge < -0.3 is 16.4 Å². The molecule has 0 saturated carbocycles. The molecule has 3 aromatic rings. The summed E-state index contributed by atoms with van der Waals surface area (Å²) in [7, 11) is 0. The van der Waals surface area contributed by atoms with Crippen LogP contribution < -0.4 is 16.4 Å². The lowest BCUT2D eigenvalue weighted by Crippen LogP contribution is -2.09. The van der Waals surface area contributed by atoms with Crippen LogP contribution >= 0.6 is 0 Å². The first-order valence-electron chi connectivity index (χ1n) is 9.66. The van der Waals surface area contributed by atoms with Gasteiger partial charge >= 0.3 is 0 Å². The van der Waals surface area contributed by atoms with E-state index in [-0.39, 0.29) is 5.91 Å². The fraction of sp³-hybridized carbons (Fsp3) is 0.160. The predicted molar refractivity (Wildman–Crippen MR) is 123 cm³/mol. The molecule has 3 aromatic carbocycles. The molecule has 1 amide bonds. The monoisotopic (exact) mass is 385 g/mol. The molecular weight excluding hydrogens is 358 g/mol. The maximum atomic E-state index is 12.1. The summed E-state index contributed by atoms with van der Waals surface area (Å²) < 4.78 is 0. The van der Waals surface area contributed by atoms with Gasteiger partial charge in [-0.15, -0.1) is 0 Å². The Hall–Kier alpha value is -3.53. The number of para-hydroxylation sites is 2. The molecule has 148 valence electrons. The van der Waals surface area contributed by atoms with Crippen LogP contribution in [0.25, 0.3) is 6.08 Å². The van der Waals surface area contributed by atoms with Gasteiger partial charge in [-0.3, -0.25) is 4.79 Å². The van der Waals surface area contributed by atoms with Crippen LogP contribution in [0.15, 0.2) is 66.7 Å². The number of hydrogen-bond acceptors (Lipinski definition) is 3. The van der Waals surface area contributed by atoms with E-state index in [0.29, 0.717) is 11.4 Å². The van der Waals surface area contributed by atoms with Crippen LogP contribution in [0, 0.1) is 20.8 Å². The minimum absolute atomic E-state index is 0.209. The molecule has 4 N–H and O–H groups in total. The summed E-state index contributed by atoms with van der Waals surface area (Å²) in [6.45, 7) is 7.17. The van der Waals surface area contributed by atoms with E-state index in [1.165, 1.54) is 28.3 Å². The van der Waals surface area contributed by atoms with Crippen molar-refractivity contribution in [1.29, 1.82) is 0 Å². The number of amides is 1. The Morgan fingerprint density at radius 1 is 0.966 bits per heavy atom. The molecule has 29 heavy (non-hydrogen) atoms. The number of rotatable bonds is 6. The van der Waals surface area contributed by atoms with E-state index < -0.39 is 0 Å². The zero-order chi connectivity index (χ0) is 20.8. The summed E-state index contributed by atoms with van der Waals surface area (Å²) in [5.74, 6) is -0.209. The van der Waals surface area contributed by atoms with E-state index >= 15 is 0 Å². The van der Waals surface area contributed by atoms with Crippen LogP contribution in [0.3, 0.4) is 0 Å². The van der Waals surface area contributed by atoms with Crippen LogP contribution in [0.4, 0.5) is 17.1 Å². The lowest BCUT2D eigenvalue weighted by molar-refractivity contribution is -0.111. The van der Waals surface area contributed by atoms with Crippen molar-refractivity contribution in [3.8, 4) is 0 Å². The quantitative estimate of drug-likeness (QED) is 0.390. The number of anilines is 3. The molecule has 0 aromatic heterocycles. The first kappa shape index (κ1) is 20.2. The van der Waals surface area contributed by atoms with Gasteiger partial charge in [-0.1, -0.05) is 36.4 Å². The van der Waals surface area contributed by atoms with Crippen molar-refractivity contribution < 1.29 is 4.79 Å². The fourth-order valence-electron chi connectivity index (χ4n) is 3.05. The van der Waals surface area contributed by atoms with Crippen molar-refractivity contribution in [2.75, 3.05) is 16.4 Å². The number of nitrogens with one attached hydrogen (secondary N) is 2. The molecule has 0 aliphatic rings. The first-order valence-corrected chi connectivity index (χ1v) is 9.66. The molecule has 0 heterocycles. The molecule has 0 unspecified atom stereocenters. The van der Waals surface area contributed by atoms with Crippen molar-refractivity contribution >= 4 is 29.0 Å². The summed E-state index contributed by atoms with van der Waals surface area (Å²) in [6, 6.07) is 19.7. The summed E-state index contributed by atoms with van der Waals surface area (Å²) >= 11 is 0. The van der Waals surface area contributed by atoms with Crippen LogP contribution in [-0.4, -0.2) is 5.91 Å². The van der Waals surface area contributed by atoms with E-state index in [9.17, 15) is 4.79 Å². The normalized spacial score (nSPS) is 10.9. The number of aryl methyl sites for hydroxylation is 2. The van der Waals surface area contributed by atoms with Gasteiger partial charge in [-0.25, -0.2) is 0 Å². The molecule has 0 aliphatic carbocycles. The number of benzene rings is 3. The molecule has 0 radical (unpaired) electrons. The number of hydrogen-bond donors (Lipinski definition) is 3. The maximum Gasteiger partial charge on any atom is 0.248 e. The highest BCUT2D eigenvalue weighted by Crippen LogP contribution is 2.20. The van der Waals surface area contributed by atoms with Gasteiger partial charge in [0.05, 0.1) is 11.4 Å². The smallest absolute Gasteiger partial charge is 0.248 e. The standard InChI is InChI=1S/C25H27N3O/c1-17-14-22(15-18(2)19(17)3)27-16-21-10-8-20(9-11-21)12-13-25(29)28-24-7-5-4-6-23(24)26/h4-15,27H,16,26H2,1-3H3,(H,28,29)/b13-12+. The third-order valence-corrected chi connectivity index (χ3v) is 5.05. The Bertz CT molecular complexity index is 1010. The lowest BCUT2D eigenvalue weighted by Gasteiger charge is -2.11. The molecule has 0 spiro atoms. The van der Waals surface area contributed by atoms with E-state index in [1.54, 1.807) is 18.2 Å². The molecule has 0 saturated heterocycles. The molecule has 0 aliphatic heterocycles.